The van der Waals surface area contributed by atoms with Gasteiger partial charge in [0.05, 0.1) is 17.9 Å². The van der Waals surface area contributed by atoms with E-state index in [-0.39, 0.29) is 17.7 Å². The van der Waals surface area contributed by atoms with Crippen LogP contribution in [0.25, 0.3) is 5.69 Å². The SMILES string of the molecule is COCC(COc1nn(-c2ccccc2)c(NC(=O)O)c1C)O[Si](C)(C)C(C)(C)C. The van der Waals surface area contributed by atoms with E-state index in [1.807, 2.05) is 30.3 Å². The third-order valence-electron chi connectivity index (χ3n) is 5.33. The van der Waals surface area contributed by atoms with E-state index in [1.54, 1.807) is 14.0 Å². The maximum atomic E-state index is 11.3. The highest BCUT2D eigenvalue weighted by Gasteiger charge is 2.39. The molecule has 8 nitrogen and oxygen atoms in total. The number of benzene rings is 1. The molecule has 1 aromatic carbocycles. The normalized spacial score (nSPS) is 13.2. The number of ether oxygens (including phenoxy) is 2. The van der Waals surface area contributed by atoms with Gasteiger partial charge in [0, 0.05) is 7.11 Å². The molecule has 0 saturated heterocycles. The fourth-order valence-corrected chi connectivity index (χ4v) is 4.01. The van der Waals surface area contributed by atoms with Crippen LogP contribution in [0.2, 0.25) is 18.1 Å². The largest absolute Gasteiger partial charge is 0.474 e. The van der Waals surface area contributed by atoms with Crippen molar-refractivity contribution in [3.63, 3.8) is 0 Å². The van der Waals surface area contributed by atoms with E-state index in [1.165, 1.54) is 4.68 Å². The van der Waals surface area contributed by atoms with E-state index in [9.17, 15) is 9.90 Å². The maximum absolute atomic E-state index is 11.3. The average molecular weight is 436 g/mol. The number of para-hydroxylation sites is 1. The van der Waals surface area contributed by atoms with Gasteiger partial charge in [0.25, 0.3) is 0 Å². The number of amides is 1. The van der Waals surface area contributed by atoms with Gasteiger partial charge in [-0.25, -0.2) is 9.48 Å². The Balaban J connectivity index is 2.26. The molecule has 1 heterocycles. The number of hydrogen-bond donors (Lipinski definition) is 2. The topological polar surface area (TPSA) is 94.8 Å². The first-order valence-corrected chi connectivity index (χ1v) is 12.8. The van der Waals surface area contributed by atoms with Gasteiger partial charge in [-0.1, -0.05) is 39.0 Å². The van der Waals surface area contributed by atoms with Crippen molar-refractivity contribution in [1.82, 2.24) is 9.78 Å². The van der Waals surface area contributed by atoms with Crippen molar-refractivity contribution in [1.29, 1.82) is 0 Å². The summed E-state index contributed by atoms with van der Waals surface area (Å²) in [5, 5.41) is 16.2. The molecule has 0 fully saturated rings. The summed E-state index contributed by atoms with van der Waals surface area (Å²) >= 11 is 0. The fourth-order valence-electron chi connectivity index (χ4n) is 2.68. The summed E-state index contributed by atoms with van der Waals surface area (Å²) in [6.07, 6.45) is -1.42. The molecule has 0 aliphatic rings. The minimum Gasteiger partial charge on any atom is -0.474 e. The summed E-state index contributed by atoms with van der Waals surface area (Å²) < 4.78 is 19.3. The third-order valence-corrected chi connectivity index (χ3v) is 9.87. The number of carboxylic acid groups (broad SMARTS) is 1. The molecule has 1 amide bonds. The van der Waals surface area contributed by atoms with Crippen LogP contribution in [0.1, 0.15) is 26.3 Å². The lowest BCUT2D eigenvalue weighted by molar-refractivity contribution is 0.0384. The molecule has 0 aliphatic heterocycles. The number of aromatic nitrogens is 2. The van der Waals surface area contributed by atoms with Crippen molar-refractivity contribution < 1.29 is 23.8 Å². The molecule has 2 aromatic rings. The number of nitrogens with zero attached hydrogens (tertiary/aromatic N) is 2. The van der Waals surface area contributed by atoms with Gasteiger partial charge < -0.3 is 19.0 Å². The lowest BCUT2D eigenvalue weighted by Crippen LogP contribution is -2.46. The summed E-state index contributed by atoms with van der Waals surface area (Å²) in [4.78, 5) is 11.3. The van der Waals surface area contributed by atoms with Gasteiger partial charge in [-0.3, -0.25) is 5.32 Å². The van der Waals surface area contributed by atoms with Gasteiger partial charge in [0.1, 0.15) is 18.5 Å². The van der Waals surface area contributed by atoms with E-state index in [2.05, 4.69) is 44.3 Å². The van der Waals surface area contributed by atoms with Gasteiger partial charge in [0.15, 0.2) is 8.32 Å². The van der Waals surface area contributed by atoms with E-state index >= 15 is 0 Å². The first-order valence-electron chi connectivity index (χ1n) is 9.91. The van der Waals surface area contributed by atoms with Crippen LogP contribution in [-0.4, -0.2) is 55.7 Å². The van der Waals surface area contributed by atoms with E-state index in [0.29, 0.717) is 23.9 Å². The Bertz CT molecular complexity index is 846. The molecule has 1 aromatic heterocycles. The minimum atomic E-state index is -2.01. The Morgan fingerprint density at radius 3 is 2.40 bits per heavy atom. The summed E-state index contributed by atoms with van der Waals surface area (Å²) in [5.41, 5.74) is 1.33. The highest BCUT2D eigenvalue weighted by Crippen LogP contribution is 2.37. The molecule has 30 heavy (non-hydrogen) atoms. The second-order valence-electron chi connectivity index (χ2n) is 8.72. The van der Waals surface area contributed by atoms with Gasteiger partial charge in [-0.15, -0.1) is 5.10 Å². The summed E-state index contributed by atoms with van der Waals surface area (Å²) in [7, 11) is -0.382. The summed E-state index contributed by atoms with van der Waals surface area (Å²) in [6, 6.07) is 9.29. The molecule has 0 spiro atoms. The molecule has 0 aliphatic carbocycles. The van der Waals surface area contributed by atoms with Crippen molar-refractivity contribution in [3.8, 4) is 11.6 Å². The van der Waals surface area contributed by atoms with Crippen LogP contribution < -0.4 is 10.1 Å². The van der Waals surface area contributed by atoms with E-state index in [0.717, 1.165) is 5.69 Å². The Labute approximate surface area is 179 Å². The summed E-state index contributed by atoms with van der Waals surface area (Å²) in [6.45, 7) is 13.3. The standard InChI is InChI=1S/C21H33N3O5Si/c1-15-18(22-20(25)26)24(16-11-9-8-10-12-16)23-19(15)28-14-17(13-27-5)29-30(6,7)21(2,3)4/h8-12,17,22H,13-14H2,1-7H3,(H,25,26). The van der Waals surface area contributed by atoms with Crippen LogP contribution in [0.15, 0.2) is 30.3 Å². The van der Waals surface area contributed by atoms with Crippen molar-refractivity contribution in [3.05, 3.63) is 35.9 Å². The first kappa shape index (κ1) is 23.9. The highest BCUT2D eigenvalue weighted by molar-refractivity contribution is 6.74. The van der Waals surface area contributed by atoms with E-state index < -0.39 is 14.4 Å². The number of anilines is 1. The highest BCUT2D eigenvalue weighted by atomic mass is 28.4. The van der Waals surface area contributed by atoms with Gasteiger partial charge in [0.2, 0.25) is 5.88 Å². The molecule has 0 saturated carbocycles. The van der Waals surface area contributed by atoms with Gasteiger partial charge in [-0.05, 0) is 37.2 Å². The van der Waals surface area contributed by atoms with Crippen LogP contribution in [0.5, 0.6) is 5.88 Å². The third kappa shape index (κ3) is 5.84. The lowest BCUT2D eigenvalue weighted by atomic mass is 10.2. The minimum absolute atomic E-state index is 0.0579. The zero-order valence-electron chi connectivity index (χ0n) is 18.9. The number of methoxy groups -OCH3 is 1. The Morgan fingerprint density at radius 1 is 1.23 bits per heavy atom. The molecular weight excluding hydrogens is 402 g/mol. The molecule has 1 atom stereocenters. The predicted octanol–water partition coefficient (Wildman–Crippen LogP) is 4.69. The second-order valence-corrected chi connectivity index (χ2v) is 13.5. The quantitative estimate of drug-likeness (QED) is 0.555. The number of carbonyl (C=O) groups is 1. The van der Waals surface area contributed by atoms with Gasteiger partial charge in [-0.2, -0.15) is 0 Å². The zero-order valence-corrected chi connectivity index (χ0v) is 19.9. The molecule has 0 bridgehead atoms. The van der Waals surface area contributed by atoms with E-state index in [4.69, 9.17) is 13.9 Å². The van der Waals surface area contributed by atoms with Crippen LogP contribution >= 0.6 is 0 Å². The van der Waals surface area contributed by atoms with Crippen LogP contribution in [0, 0.1) is 6.92 Å². The second kappa shape index (κ2) is 9.63. The molecule has 166 valence electrons. The van der Waals surface area contributed by atoms with Gasteiger partial charge >= 0.3 is 6.09 Å². The molecule has 9 heteroatoms. The van der Waals surface area contributed by atoms with Crippen molar-refractivity contribution >= 4 is 20.2 Å². The van der Waals surface area contributed by atoms with Crippen molar-refractivity contribution in [2.45, 2.75) is 51.9 Å². The van der Waals surface area contributed by atoms with Crippen LogP contribution in [0.3, 0.4) is 0 Å². The molecule has 2 N–H and O–H groups in total. The Kier molecular flexibility index (Phi) is 7.68. The lowest BCUT2D eigenvalue weighted by Gasteiger charge is -2.39. The number of rotatable bonds is 9. The molecule has 2 rings (SSSR count). The zero-order chi connectivity index (χ0) is 22.5. The summed E-state index contributed by atoms with van der Waals surface area (Å²) in [5.74, 6) is 0.694. The maximum Gasteiger partial charge on any atom is 0.410 e. The Morgan fingerprint density at radius 2 is 1.87 bits per heavy atom. The van der Waals surface area contributed by atoms with Crippen LogP contribution in [-0.2, 0) is 9.16 Å². The smallest absolute Gasteiger partial charge is 0.410 e. The molecule has 0 radical (unpaired) electrons. The average Bonchev–Trinajstić information content (AvgIpc) is 2.95. The number of hydrogen-bond acceptors (Lipinski definition) is 5. The fraction of sp³-hybridized carbons (Fsp3) is 0.524. The molecule has 1 unspecified atom stereocenters. The van der Waals surface area contributed by atoms with Crippen molar-refractivity contribution in [2.75, 3.05) is 25.6 Å². The monoisotopic (exact) mass is 435 g/mol. The molecular formula is C21H33N3O5Si. The predicted molar refractivity (Wildman–Crippen MR) is 119 cm³/mol. The van der Waals surface area contributed by atoms with Crippen molar-refractivity contribution in [2.24, 2.45) is 0 Å². The first-order chi connectivity index (χ1) is 14.0. The van der Waals surface area contributed by atoms with Crippen LogP contribution in [0.4, 0.5) is 10.6 Å². The Hall–Kier alpha value is -2.36. The number of nitrogens with one attached hydrogen (secondary N) is 1.